The summed E-state index contributed by atoms with van der Waals surface area (Å²) in [4.78, 5) is 0. The van der Waals surface area contributed by atoms with Gasteiger partial charge in [0.05, 0.1) is 0 Å². The van der Waals surface area contributed by atoms with Crippen molar-refractivity contribution < 1.29 is 0 Å². The Balaban J connectivity index is 0.809. The molecule has 2 heteroatoms. The molecule has 0 amide bonds. The Morgan fingerprint density at radius 3 is 1.14 bits per heavy atom. The maximum atomic E-state index is 2.45. The summed E-state index contributed by atoms with van der Waals surface area (Å²) in [7, 11) is 0. The normalized spacial score (nSPS) is 12.0. The summed E-state index contributed by atoms with van der Waals surface area (Å²) < 4.78 is 5.26. The van der Waals surface area contributed by atoms with Gasteiger partial charge in [0.2, 0.25) is 0 Å². The van der Waals surface area contributed by atoms with Crippen molar-refractivity contribution in [2.45, 2.75) is 0 Å². The van der Waals surface area contributed by atoms with Crippen LogP contribution < -0.4 is 0 Å². The van der Waals surface area contributed by atoms with Gasteiger partial charge in [-0.2, -0.15) is 0 Å². The third-order valence-electron chi connectivity index (χ3n) is 17.0. The molecule has 0 radical (unpaired) electrons. The fourth-order valence-corrected chi connectivity index (χ4v) is 16.0. The number of benzene rings is 15. The van der Waals surface area contributed by atoms with Gasteiger partial charge in [0.15, 0.2) is 0 Å². The minimum Gasteiger partial charge on any atom is -0.135 e. The molecule has 2 heterocycles. The molecule has 0 nitrogen and oxygen atoms in total. The predicted octanol–water partition coefficient (Wildman–Crippen LogP) is 23.3. The van der Waals surface area contributed by atoms with Crippen molar-refractivity contribution in [3.8, 4) is 66.8 Å². The number of thiophene rings is 2. The second-order valence-corrected chi connectivity index (χ2v) is 23.4. The van der Waals surface area contributed by atoms with E-state index < -0.39 is 0 Å². The Bertz CT molecular complexity index is 5390. The van der Waals surface area contributed by atoms with Crippen LogP contribution in [0.25, 0.3) is 172 Å². The summed E-state index contributed by atoms with van der Waals surface area (Å²) in [5, 5.41) is 20.6. The zero-order valence-corrected chi connectivity index (χ0v) is 45.0. The van der Waals surface area contributed by atoms with Crippen LogP contribution in [0.1, 0.15) is 0 Å². The molecule has 80 heavy (non-hydrogen) atoms. The zero-order valence-electron chi connectivity index (χ0n) is 43.4. The van der Waals surface area contributed by atoms with Gasteiger partial charge in [-0.3, -0.25) is 0 Å². The van der Waals surface area contributed by atoms with Crippen molar-refractivity contribution in [2.75, 3.05) is 0 Å². The Morgan fingerprint density at radius 1 is 0.163 bits per heavy atom. The molecule has 0 fully saturated rings. The summed E-state index contributed by atoms with van der Waals surface area (Å²) in [6, 6.07) is 104. The van der Waals surface area contributed by atoms with Crippen LogP contribution in [0, 0.1) is 0 Å². The van der Waals surface area contributed by atoms with Crippen molar-refractivity contribution in [2.24, 2.45) is 0 Å². The highest BCUT2D eigenvalue weighted by Gasteiger charge is 2.21. The molecule has 370 valence electrons. The molecule has 17 aromatic rings. The second-order valence-electron chi connectivity index (χ2n) is 21.3. The first-order chi connectivity index (χ1) is 39.7. The van der Waals surface area contributed by atoms with E-state index in [1.807, 2.05) is 22.7 Å². The third kappa shape index (κ3) is 6.93. The molecule has 0 spiro atoms. The molecule has 0 unspecified atom stereocenters. The van der Waals surface area contributed by atoms with Crippen LogP contribution in [-0.2, 0) is 0 Å². The maximum absolute atomic E-state index is 2.45. The lowest BCUT2D eigenvalue weighted by Crippen LogP contribution is -1.90. The second kappa shape index (κ2) is 17.9. The Kier molecular flexibility index (Phi) is 10.2. The lowest BCUT2D eigenvalue weighted by Gasteiger charge is -2.17. The summed E-state index contributed by atoms with van der Waals surface area (Å²) in [6.07, 6.45) is 0. The molecule has 0 saturated carbocycles. The average Bonchev–Trinajstić information content (AvgIpc) is 4.22. The van der Waals surface area contributed by atoms with Gasteiger partial charge >= 0.3 is 0 Å². The largest absolute Gasteiger partial charge is 0.135 e. The van der Waals surface area contributed by atoms with E-state index in [1.165, 1.54) is 172 Å². The van der Waals surface area contributed by atoms with Gasteiger partial charge in [0.25, 0.3) is 0 Å². The molecule has 15 aromatic carbocycles. The van der Waals surface area contributed by atoms with Crippen LogP contribution in [0.5, 0.6) is 0 Å². The van der Waals surface area contributed by atoms with Gasteiger partial charge in [-0.1, -0.05) is 249 Å². The first kappa shape index (κ1) is 45.3. The summed E-state index contributed by atoms with van der Waals surface area (Å²) in [6.45, 7) is 0. The van der Waals surface area contributed by atoms with Crippen LogP contribution in [-0.4, -0.2) is 0 Å². The van der Waals surface area contributed by atoms with E-state index in [2.05, 4.69) is 279 Å². The lowest BCUT2D eigenvalue weighted by molar-refractivity contribution is 1.63. The van der Waals surface area contributed by atoms with Gasteiger partial charge in [0.1, 0.15) is 0 Å². The molecular weight excluding hydrogens is 1000 g/mol. The fraction of sp³-hybridized carbons (Fsp3) is 0. The first-order valence-electron chi connectivity index (χ1n) is 27.5. The van der Waals surface area contributed by atoms with E-state index in [0.717, 1.165) is 0 Å². The van der Waals surface area contributed by atoms with E-state index in [4.69, 9.17) is 0 Å². The smallest absolute Gasteiger partial charge is 0.0440 e. The van der Waals surface area contributed by atoms with Gasteiger partial charge in [-0.25, -0.2) is 0 Å². The Hall–Kier alpha value is -9.70. The molecule has 0 N–H and O–H groups in total. The van der Waals surface area contributed by atoms with E-state index in [0.29, 0.717) is 0 Å². The summed E-state index contributed by atoms with van der Waals surface area (Å²) >= 11 is 3.82. The van der Waals surface area contributed by atoms with Gasteiger partial charge < -0.3 is 0 Å². The summed E-state index contributed by atoms with van der Waals surface area (Å²) in [5.74, 6) is 0. The van der Waals surface area contributed by atoms with Crippen LogP contribution in [0.15, 0.2) is 279 Å². The molecular formula is C78H46S2. The minimum absolute atomic E-state index is 1.21. The Labute approximate surface area is 470 Å². The fourth-order valence-electron chi connectivity index (χ4n) is 13.4. The highest BCUT2D eigenvalue weighted by atomic mass is 32.1. The van der Waals surface area contributed by atoms with Crippen molar-refractivity contribution in [1.29, 1.82) is 0 Å². The van der Waals surface area contributed by atoms with Crippen molar-refractivity contribution in [1.82, 2.24) is 0 Å². The topological polar surface area (TPSA) is 0 Å². The average molecular weight is 1050 g/mol. The SMILES string of the molecule is c1ccc(-c2cccc3c2sc2c(-c4cccc(-c5ccc6c7ccccc7c7c(-c8ccc(-c9cccc(-c%10ccc%11c%12ccccc%12c%12ccccc%12c%11c%10)c9)c9sc%10ccccc%10c89)cccc7c6c5)c4)cccc23)cc1. The van der Waals surface area contributed by atoms with E-state index in [9.17, 15) is 0 Å². The Morgan fingerprint density at radius 2 is 0.525 bits per heavy atom. The van der Waals surface area contributed by atoms with Gasteiger partial charge in [-0.05, 0) is 162 Å². The third-order valence-corrected chi connectivity index (χ3v) is 19.5. The first-order valence-corrected chi connectivity index (χ1v) is 29.2. The monoisotopic (exact) mass is 1050 g/mol. The van der Waals surface area contributed by atoms with E-state index >= 15 is 0 Å². The molecule has 0 aliphatic carbocycles. The van der Waals surface area contributed by atoms with Crippen LogP contribution in [0.3, 0.4) is 0 Å². The highest BCUT2D eigenvalue weighted by molar-refractivity contribution is 7.27. The van der Waals surface area contributed by atoms with Crippen LogP contribution in [0.2, 0.25) is 0 Å². The van der Waals surface area contributed by atoms with Crippen LogP contribution >= 0.6 is 22.7 Å². The van der Waals surface area contributed by atoms with Gasteiger partial charge in [-0.15, -0.1) is 22.7 Å². The van der Waals surface area contributed by atoms with E-state index in [1.54, 1.807) is 0 Å². The molecule has 0 bridgehead atoms. The molecule has 0 aliphatic heterocycles. The lowest BCUT2D eigenvalue weighted by atomic mass is 9.86. The number of hydrogen-bond acceptors (Lipinski definition) is 2. The zero-order chi connectivity index (χ0) is 52.4. The van der Waals surface area contributed by atoms with Gasteiger partial charge in [0, 0.05) is 40.3 Å². The number of fused-ring (bicyclic) bond motifs is 18. The van der Waals surface area contributed by atoms with Crippen LogP contribution in [0.4, 0.5) is 0 Å². The highest BCUT2D eigenvalue weighted by Crippen LogP contribution is 2.50. The number of hydrogen-bond donors (Lipinski definition) is 0. The molecule has 0 aliphatic rings. The predicted molar refractivity (Wildman–Crippen MR) is 350 cm³/mol. The van der Waals surface area contributed by atoms with Crippen molar-refractivity contribution >= 4 is 128 Å². The molecule has 2 aromatic heterocycles. The quantitative estimate of drug-likeness (QED) is 0.146. The number of rotatable bonds is 6. The van der Waals surface area contributed by atoms with Crippen molar-refractivity contribution in [3.63, 3.8) is 0 Å². The van der Waals surface area contributed by atoms with E-state index in [-0.39, 0.29) is 0 Å². The molecule has 17 rings (SSSR count). The molecule has 0 saturated heterocycles. The molecule has 0 atom stereocenters. The minimum atomic E-state index is 1.21. The van der Waals surface area contributed by atoms with Crippen molar-refractivity contribution in [3.05, 3.63) is 279 Å². The maximum Gasteiger partial charge on any atom is 0.0440 e. The standard InChI is InChI=1S/C78H46S2/c1-2-17-47(18-3-1)54-30-14-34-68-69-35-15-31-55(77(69)80-76(54)68)52-21-12-19-48(43-52)51-38-40-63-60-26-8-9-28-64(60)74-65(32-16-33-66(74)72(63)46-51)67-42-41-56(78-75(67)70-29-10-11-36-73(70)79-78)53-22-13-20-49(44-53)50-37-39-62-59-25-5-4-23-57(59)58-24-6-7-27-61(58)71(62)45-50/h1-46H. The summed E-state index contributed by atoms with van der Waals surface area (Å²) in [5.41, 5.74) is 14.9.